The fourth-order valence-electron chi connectivity index (χ4n) is 4.06. The van der Waals surface area contributed by atoms with Gasteiger partial charge in [-0.1, -0.05) is 39.2 Å². The van der Waals surface area contributed by atoms with Crippen LogP contribution in [0.25, 0.3) is 0 Å². The summed E-state index contributed by atoms with van der Waals surface area (Å²) < 4.78 is 5.45. The van der Waals surface area contributed by atoms with E-state index in [4.69, 9.17) is 28.8 Å². The number of hydrogen-bond acceptors (Lipinski definition) is 8. The van der Waals surface area contributed by atoms with Crippen molar-refractivity contribution < 1.29 is 60.9 Å². The van der Waals surface area contributed by atoms with E-state index in [9.17, 15) is 4.79 Å². The molecule has 2 aromatic heterocycles. The van der Waals surface area contributed by atoms with E-state index in [1.54, 1.807) is 24.2 Å². The molecule has 0 radical (unpaired) electrons. The molecule has 2 saturated carbocycles. The second-order valence-electron chi connectivity index (χ2n) is 9.46. The molecular weight excluding hydrogens is 516 g/mol. The number of thioether (sulfide) groups is 1. The Morgan fingerprint density at radius 1 is 1.08 bits per heavy atom. The summed E-state index contributed by atoms with van der Waals surface area (Å²) in [6.45, 7) is 4.92. The first-order chi connectivity index (χ1) is 16.9. The van der Waals surface area contributed by atoms with Gasteiger partial charge in [-0.05, 0) is 61.5 Å². The van der Waals surface area contributed by atoms with Crippen molar-refractivity contribution in [1.29, 1.82) is 0 Å². The molecule has 2 heterocycles. The summed E-state index contributed by atoms with van der Waals surface area (Å²) in [6.07, 6.45) is 13.3. The van der Waals surface area contributed by atoms with Gasteiger partial charge in [0.2, 0.25) is 0 Å². The Balaban J connectivity index is 0.000000316. The minimum Gasteiger partial charge on any atom is -0.779 e. The molecule has 0 bridgehead atoms. The minimum absolute atomic E-state index is 0. The molecule has 4 rings (SSSR count). The van der Waals surface area contributed by atoms with E-state index in [-0.39, 0.29) is 57.4 Å². The Kier molecular flexibility index (Phi) is 14.6. The van der Waals surface area contributed by atoms with Gasteiger partial charge in [0.25, 0.3) is 0 Å². The number of unbranched alkanes of at least 4 members (excludes halogenated alkanes) is 1. The molecule has 2 aliphatic carbocycles. The van der Waals surface area contributed by atoms with Gasteiger partial charge in [0, 0.05) is 28.6 Å². The topological polar surface area (TPSA) is 104 Å². The Labute approximate surface area is 268 Å². The van der Waals surface area contributed by atoms with Crippen LogP contribution < -0.4 is 62.9 Å². The third kappa shape index (κ3) is 10.4. The average Bonchev–Trinajstić information content (AvgIpc) is 3.74. The van der Waals surface area contributed by atoms with E-state index in [1.807, 2.05) is 12.1 Å². The molecule has 1 unspecified atom stereocenters. The molecule has 6 nitrogen and oxygen atoms in total. The van der Waals surface area contributed by atoms with Gasteiger partial charge >= 0.3 is 57.4 Å². The number of hydrogen-bond donors (Lipinski definition) is 2. The molecule has 1 atom stereocenters. The molecule has 0 amide bonds. The zero-order valence-corrected chi connectivity index (χ0v) is 26.8. The minimum atomic E-state index is -0.0903. The van der Waals surface area contributed by atoms with Gasteiger partial charge in [-0.3, -0.25) is 4.79 Å². The third-order valence-corrected chi connectivity index (χ3v) is 7.95. The van der Waals surface area contributed by atoms with E-state index in [2.05, 4.69) is 23.8 Å². The first kappa shape index (κ1) is 31.8. The van der Waals surface area contributed by atoms with Gasteiger partial charge < -0.3 is 28.8 Å². The van der Waals surface area contributed by atoms with Crippen LogP contribution in [-0.2, 0) is 22.2 Å². The molecule has 0 aliphatic heterocycles. The van der Waals surface area contributed by atoms with Crippen molar-refractivity contribution in [2.24, 2.45) is 5.92 Å². The number of carbonyl (C=O) groups is 1. The second-order valence-corrected chi connectivity index (χ2v) is 11.0. The van der Waals surface area contributed by atoms with Crippen LogP contribution in [0.5, 0.6) is 0 Å². The maximum Gasteiger partial charge on any atom is 1.00 e. The van der Waals surface area contributed by atoms with Crippen LogP contribution in [-0.4, -0.2) is 28.3 Å². The van der Waals surface area contributed by atoms with Crippen LogP contribution in [0.15, 0.2) is 34.3 Å². The quantitative estimate of drug-likeness (QED) is 0.178. The van der Waals surface area contributed by atoms with Crippen molar-refractivity contribution in [1.82, 2.24) is 9.97 Å². The molecule has 2 aliphatic rings. The zero-order chi connectivity index (χ0) is 25.2. The monoisotopic (exact) mass is 554 g/mol. The van der Waals surface area contributed by atoms with Crippen molar-refractivity contribution in [3.05, 3.63) is 35.7 Å². The number of ether oxygens (including phenoxy) is 1. The Morgan fingerprint density at radius 3 is 2.28 bits per heavy atom. The summed E-state index contributed by atoms with van der Waals surface area (Å²) in [6, 6.07) is 3.86. The molecule has 0 saturated heterocycles. The number of nitrogens with zero attached hydrogens (tertiary/aromatic N) is 2. The van der Waals surface area contributed by atoms with Crippen molar-refractivity contribution >= 4 is 42.0 Å². The van der Waals surface area contributed by atoms with Crippen LogP contribution in [0.2, 0.25) is 0 Å². The summed E-state index contributed by atoms with van der Waals surface area (Å²) in [4.78, 5) is 22.2. The number of aromatic nitrogens is 2. The number of pyridine rings is 2. The van der Waals surface area contributed by atoms with Crippen molar-refractivity contribution in [3.8, 4) is 0 Å². The number of carbonyl (C=O) groups excluding carboxylic acids is 1. The summed E-state index contributed by atoms with van der Waals surface area (Å²) in [7, 11) is 0. The zero-order valence-electron chi connectivity index (χ0n) is 22.0. The standard InChI is InChI=1S/C19H30N2O2S.C8H10N2S.K/c1-3-5-6-14(4-2)13-23-17(22)10-12-24-16-9-11-21-19(20)18(16)15-7-8-15;9-8-7(5-1-2-5)6(11)3-4-10-8;/h9,11,14-15H,3-8,10,12-13H2,1-2H3,(H2,20,21);3-5H,1-2H2,(H3,9,10,11);/q;;+1/p-1. The van der Waals surface area contributed by atoms with Crippen LogP contribution >= 0.6 is 11.8 Å². The van der Waals surface area contributed by atoms with Crippen LogP contribution in [0.4, 0.5) is 11.6 Å². The summed E-state index contributed by atoms with van der Waals surface area (Å²) in [5, 5.41) is 0. The van der Waals surface area contributed by atoms with E-state index in [0.717, 1.165) is 29.1 Å². The van der Waals surface area contributed by atoms with E-state index in [1.165, 1.54) is 49.0 Å². The van der Waals surface area contributed by atoms with Gasteiger partial charge in [-0.2, -0.15) is 4.90 Å². The van der Waals surface area contributed by atoms with Crippen LogP contribution in [0.3, 0.4) is 0 Å². The number of rotatable bonds is 12. The van der Waals surface area contributed by atoms with Crippen LogP contribution in [0.1, 0.15) is 94.6 Å². The van der Waals surface area contributed by atoms with Gasteiger partial charge in [0.05, 0.1) is 13.0 Å². The second kappa shape index (κ2) is 16.5. The smallest absolute Gasteiger partial charge is 0.779 e. The molecule has 0 spiro atoms. The van der Waals surface area contributed by atoms with Crippen molar-refractivity contribution in [3.63, 3.8) is 0 Å². The largest absolute Gasteiger partial charge is 1.00 e. The van der Waals surface area contributed by atoms with Crippen LogP contribution in [0, 0.1) is 5.92 Å². The molecule has 2 aromatic rings. The normalized spacial score (nSPS) is 15.3. The SMILES string of the molecule is CCCCC(CC)COC(=O)CCSc1ccnc(N)c1C1CC1.Nc1nccc([S-])c1C1CC1.[K+]. The number of anilines is 2. The predicted octanol–water partition coefficient (Wildman–Crippen LogP) is 3.23. The molecule has 36 heavy (non-hydrogen) atoms. The van der Waals surface area contributed by atoms with E-state index < -0.39 is 0 Å². The van der Waals surface area contributed by atoms with Gasteiger partial charge in [0.15, 0.2) is 0 Å². The van der Waals surface area contributed by atoms with Gasteiger partial charge in [-0.15, -0.1) is 11.8 Å². The van der Waals surface area contributed by atoms with Crippen molar-refractivity contribution in [2.45, 2.75) is 93.3 Å². The molecule has 0 aromatic carbocycles. The molecule has 4 N–H and O–H groups in total. The Morgan fingerprint density at radius 2 is 1.69 bits per heavy atom. The first-order valence-corrected chi connectivity index (χ1v) is 14.3. The Bertz CT molecular complexity index is 951. The predicted molar refractivity (Wildman–Crippen MR) is 146 cm³/mol. The summed E-state index contributed by atoms with van der Waals surface area (Å²) >= 11 is 6.83. The molecule has 9 heteroatoms. The average molecular weight is 555 g/mol. The summed E-state index contributed by atoms with van der Waals surface area (Å²) in [5.74, 6) is 3.59. The van der Waals surface area contributed by atoms with Gasteiger partial charge in [-0.25, -0.2) is 9.97 Å². The maximum absolute atomic E-state index is 12.0. The molecule has 192 valence electrons. The third-order valence-electron chi connectivity index (χ3n) is 6.52. The fraction of sp³-hybridized carbons (Fsp3) is 0.593. The summed E-state index contributed by atoms with van der Waals surface area (Å²) in [5.41, 5.74) is 14.0. The van der Waals surface area contributed by atoms with Crippen molar-refractivity contribution in [2.75, 3.05) is 23.8 Å². The first-order valence-electron chi connectivity index (χ1n) is 12.9. The van der Waals surface area contributed by atoms with E-state index >= 15 is 0 Å². The number of esters is 1. The molecular formula is C27H39KN4O2S2. The Hall–Kier alpha value is -0.424. The molecule has 2 fully saturated rings. The fourth-order valence-corrected chi connectivity index (χ4v) is 5.46. The van der Waals surface area contributed by atoms with Gasteiger partial charge in [0.1, 0.15) is 11.6 Å². The number of nitrogens with two attached hydrogens (primary N) is 2. The van der Waals surface area contributed by atoms with E-state index in [0.29, 0.717) is 42.4 Å². The number of nitrogen functional groups attached to an aromatic ring is 2. The maximum atomic E-state index is 12.0.